The summed E-state index contributed by atoms with van der Waals surface area (Å²) in [5.74, 6) is 0.388. The quantitative estimate of drug-likeness (QED) is 0.397. The summed E-state index contributed by atoms with van der Waals surface area (Å²) in [7, 11) is 0. The molecule has 0 rings (SSSR count). The van der Waals surface area contributed by atoms with Crippen molar-refractivity contribution in [2.75, 3.05) is 0 Å². The van der Waals surface area contributed by atoms with Crippen molar-refractivity contribution in [2.45, 2.75) is 125 Å². The number of nitrogens with zero attached hydrogens (tertiary/aromatic N) is 1. The lowest BCUT2D eigenvalue weighted by Crippen LogP contribution is -2.48. The average Bonchev–Trinajstić information content (AvgIpc) is 2.43. The van der Waals surface area contributed by atoms with Gasteiger partial charge in [-0.25, -0.2) is 0 Å². The molecule has 0 aliphatic carbocycles. The van der Waals surface area contributed by atoms with Crippen LogP contribution < -0.4 is 0 Å². The van der Waals surface area contributed by atoms with Crippen LogP contribution in [0.3, 0.4) is 0 Å². The normalized spacial score (nSPS) is 13.4. The Bertz CT molecular complexity index is 299. The number of rotatable bonds is 12. The van der Waals surface area contributed by atoms with Crippen LogP contribution in [-0.4, -0.2) is 22.9 Å². The van der Waals surface area contributed by atoms with E-state index in [0.717, 1.165) is 32.1 Å². The highest BCUT2D eigenvalue weighted by atomic mass is 16.2. The summed E-state index contributed by atoms with van der Waals surface area (Å²) in [6, 6.07) is 0.881. The molecule has 0 spiro atoms. The number of hydrogen-bond acceptors (Lipinski definition) is 1. The average molecular weight is 326 g/mol. The third kappa shape index (κ3) is 9.37. The second-order valence-corrected chi connectivity index (χ2v) is 8.35. The smallest absolute Gasteiger partial charge is 0.223 e. The molecule has 23 heavy (non-hydrogen) atoms. The molecule has 0 aromatic carbocycles. The standard InChI is InChI=1S/C21H43NO/c1-8-12-16-19(15-11-4)22(18(13-9-2)14-10-3)20(23)17-21(5,6)7/h18-19H,8-17H2,1-7H3. The van der Waals surface area contributed by atoms with E-state index in [2.05, 4.69) is 53.4 Å². The molecule has 138 valence electrons. The first kappa shape index (κ1) is 22.5. The molecule has 0 aromatic rings. The fourth-order valence-corrected chi connectivity index (χ4v) is 3.53. The highest BCUT2D eigenvalue weighted by Crippen LogP contribution is 2.27. The van der Waals surface area contributed by atoms with Gasteiger partial charge in [0.15, 0.2) is 0 Å². The van der Waals surface area contributed by atoms with Crippen LogP contribution in [0.15, 0.2) is 0 Å². The van der Waals surface area contributed by atoms with Gasteiger partial charge in [-0.05, 0) is 31.1 Å². The van der Waals surface area contributed by atoms with Gasteiger partial charge in [0.1, 0.15) is 0 Å². The highest BCUT2D eigenvalue weighted by Gasteiger charge is 2.31. The van der Waals surface area contributed by atoms with Gasteiger partial charge in [-0.1, -0.05) is 80.6 Å². The second-order valence-electron chi connectivity index (χ2n) is 8.35. The maximum absolute atomic E-state index is 13.2. The molecule has 0 aliphatic heterocycles. The second kappa shape index (κ2) is 11.9. The molecule has 0 aliphatic rings. The SMILES string of the molecule is CCCCC(CCC)N(C(=O)CC(C)(C)C)C(CCC)CCC. The Balaban J connectivity index is 5.38. The number of carbonyl (C=O) groups is 1. The van der Waals surface area contributed by atoms with E-state index in [1.165, 1.54) is 25.7 Å². The van der Waals surface area contributed by atoms with Crippen LogP contribution in [0.1, 0.15) is 113 Å². The van der Waals surface area contributed by atoms with Gasteiger partial charge in [-0.2, -0.15) is 0 Å². The Morgan fingerprint density at radius 2 is 1.22 bits per heavy atom. The summed E-state index contributed by atoms with van der Waals surface area (Å²) in [4.78, 5) is 15.5. The highest BCUT2D eigenvalue weighted by molar-refractivity contribution is 5.77. The zero-order valence-corrected chi connectivity index (χ0v) is 17.1. The first-order valence-corrected chi connectivity index (χ1v) is 10.1. The maximum atomic E-state index is 13.2. The lowest BCUT2D eigenvalue weighted by Gasteiger charge is -2.40. The van der Waals surface area contributed by atoms with Gasteiger partial charge in [0, 0.05) is 18.5 Å². The number of hydrogen-bond donors (Lipinski definition) is 0. The molecule has 0 saturated heterocycles. The largest absolute Gasteiger partial charge is 0.337 e. The van der Waals surface area contributed by atoms with Gasteiger partial charge in [0.05, 0.1) is 0 Å². The minimum Gasteiger partial charge on any atom is -0.337 e. The van der Waals surface area contributed by atoms with Crippen LogP contribution >= 0.6 is 0 Å². The molecule has 1 unspecified atom stereocenters. The van der Waals surface area contributed by atoms with Gasteiger partial charge < -0.3 is 4.90 Å². The van der Waals surface area contributed by atoms with Gasteiger partial charge in [0.2, 0.25) is 5.91 Å². The van der Waals surface area contributed by atoms with Crippen molar-refractivity contribution in [3.05, 3.63) is 0 Å². The fourth-order valence-electron chi connectivity index (χ4n) is 3.53. The third-order valence-electron chi connectivity index (χ3n) is 4.51. The lowest BCUT2D eigenvalue weighted by molar-refractivity contribution is -0.139. The molecule has 1 atom stereocenters. The van der Waals surface area contributed by atoms with Gasteiger partial charge in [0.25, 0.3) is 0 Å². The molecule has 0 bridgehead atoms. The summed E-state index contributed by atoms with van der Waals surface area (Å²) >= 11 is 0. The first-order valence-electron chi connectivity index (χ1n) is 10.1. The van der Waals surface area contributed by atoms with Crippen LogP contribution in [0, 0.1) is 5.41 Å². The van der Waals surface area contributed by atoms with Crippen molar-refractivity contribution in [2.24, 2.45) is 5.41 Å². The van der Waals surface area contributed by atoms with E-state index in [1.807, 2.05) is 0 Å². The van der Waals surface area contributed by atoms with Crippen LogP contribution in [0.2, 0.25) is 0 Å². The van der Waals surface area contributed by atoms with E-state index < -0.39 is 0 Å². The van der Waals surface area contributed by atoms with Gasteiger partial charge in [-0.3, -0.25) is 4.79 Å². The zero-order chi connectivity index (χ0) is 17.9. The van der Waals surface area contributed by atoms with Crippen molar-refractivity contribution >= 4 is 5.91 Å². The molecule has 0 saturated carbocycles. The molecule has 0 fully saturated rings. The predicted octanol–water partition coefficient (Wildman–Crippen LogP) is 6.58. The molecule has 0 heterocycles. The van der Waals surface area contributed by atoms with E-state index in [1.54, 1.807) is 0 Å². The van der Waals surface area contributed by atoms with E-state index in [9.17, 15) is 4.79 Å². The summed E-state index contributed by atoms with van der Waals surface area (Å²) in [6.45, 7) is 15.5. The van der Waals surface area contributed by atoms with Crippen molar-refractivity contribution < 1.29 is 4.79 Å². The molecular weight excluding hydrogens is 282 g/mol. The number of unbranched alkanes of at least 4 members (excludes halogenated alkanes) is 1. The number of amides is 1. The minimum absolute atomic E-state index is 0.0693. The molecule has 0 N–H and O–H groups in total. The summed E-state index contributed by atoms with van der Waals surface area (Å²) in [5, 5.41) is 0. The maximum Gasteiger partial charge on any atom is 0.223 e. The van der Waals surface area contributed by atoms with Crippen molar-refractivity contribution in [3.8, 4) is 0 Å². The fraction of sp³-hybridized carbons (Fsp3) is 0.952. The monoisotopic (exact) mass is 325 g/mol. The van der Waals surface area contributed by atoms with E-state index in [0.29, 0.717) is 24.4 Å². The Morgan fingerprint density at radius 3 is 1.57 bits per heavy atom. The minimum atomic E-state index is 0.0693. The molecular formula is C21H43NO. The van der Waals surface area contributed by atoms with Crippen LogP contribution in [0.5, 0.6) is 0 Å². The Hall–Kier alpha value is -0.530. The van der Waals surface area contributed by atoms with E-state index in [-0.39, 0.29) is 5.41 Å². The first-order chi connectivity index (χ1) is 10.8. The summed E-state index contributed by atoms with van der Waals surface area (Å²) < 4.78 is 0. The molecule has 1 amide bonds. The third-order valence-corrected chi connectivity index (χ3v) is 4.51. The number of carbonyl (C=O) groups excluding carboxylic acids is 1. The topological polar surface area (TPSA) is 20.3 Å². The Labute approximate surface area is 146 Å². The lowest BCUT2D eigenvalue weighted by atomic mass is 9.89. The van der Waals surface area contributed by atoms with Crippen LogP contribution in [0.25, 0.3) is 0 Å². The molecule has 0 radical (unpaired) electrons. The van der Waals surface area contributed by atoms with Crippen LogP contribution in [-0.2, 0) is 4.79 Å². The summed E-state index contributed by atoms with van der Waals surface area (Å²) in [6.07, 6.45) is 11.2. The van der Waals surface area contributed by atoms with Crippen molar-refractivity contribution in [1.82, 2.24) is 4.90 Å². The molecule has 2 heteroatoms. The molecule has 0 aromatic heterocycles. The van der Waals surface area contributed by atoms with Crippen LogP contribution in [0.4, 0.5) is 0 Å². The van der Waals surface area contributed by atoms with E-state index >= 15 is 0 Å². The van der Waals surface area contributed by atoms with Crippen molar-refractivity contribution in [3.63, 3.8) is 0 Å². The van der Waals surface area contributed by atoms with Gasteiger partial charge in [-0.15, -0.1) is 0 Å². The summed E-state index contributed by atoms with van der Waals surface area (Å²) in [5.41, 5.74) is 0.0693. The zero-order valence-electron chi connectivity index (χ0n) is 17.1. The van der Waals surface area contributed by atoms with Crippen molar-refractivity contribution in [1.29, 1.82) is 0 Å². The Kier molecular flexibility index (Phi) is 11.6. The molecule has 2 nitrogen and oxygen atoms in total. The predicted molar refractivity (Wildman–Crippen MR) is 103 cm³/mol. The van der Waals surface area contributed by atoms with Gasteiger partial charge >= 0.3 is 0 Å². The Morgan fingerprint density at radius 1 is 0.783 bits per heavy atom. The van der Waals surface area contributed by atoms with E-state index in [4.69, 9.17) is 0 Å².